The zero-order valence-corrected chi connectivity index (χ0v) is 21.0. The van der Waals surface area contributed by atoms with E-state index in [0.29, 0.717) is 42.5 Å². The minimum absolute atomic E-state index is 0.134. The van der Waals surface area contributed by atoms with Gasteiger partial charge in [0.15, 0.2) is 26.3 Å². The van der Waals surface area contributed by atoms with Gasteiger partial charge in [0, 0.05) is 12.9 Å². The van der Waals surface area contributed by atoms with Crippen molar-refractivity contribution in [3.05, 3.63) is 41.2 Å². The van der Waals surface area contributed by atoms with Crippen LogP contribution in [0.2, 0.25) is 0 Å². The lowest BCUT2D eigenvalue weighted by Crippen LogP contribution is -2.42. The third-order valence-electron chi connectivity index (χ3n) is 6.03. The van der Waals surface area contributed by atoms with Crippen LogP contribution < -0.4 is 14.2 Å². The smallest absolute Gasteiger partial charge is 0.203 e. The second-order valence-corrected chi connectivity index (χ2v) is 10.5. The quantitative estimate of drug-likeness (QED) is 0.495. The third kappa shape index (κ3) is 5.15. The van der Waals surface area contributed by atoms with Gasteiger partial charge in [0.25, 0.3) is 0 Å². The number of rotatable bonds is 10. The van der Waals surface area contributed by atoms with Crippen molar-refractivity contribution in [1.82, 2.24) is 0 Å². The Balaban J connectivity index is 1.93. The number of hydrogen-bond donors (Lipinski definition) is 0. The Morgan fingerprint density at radius 1 is 1.00 bits per heavy atom. The molecule has 8 nitrogen and oxygen atoms in total. The van der Waals surface area contributed by atoms with Crippen molar-refractivity contribution in [2.75, 3.05) is 41.3 Å². The van der Waals surface area contributed by atoms with Gasteiger partial charge in [0.1, 0.15) is 5.76 Å². The maximum absolute atomic E-state index is 12.8. The molecule has 184 valence electrons. The summed E-state index contributed by atoms with van der Waals surface area (Å²) in [7, 11) is 2.67. The van der Waals surface area contributed by atoms with Crippen LogP contribution in [0.5, 0.6) is 17.2 Å². The van der Waals surface area contributed by atoms with E-state index in [1.807, 2.05) is 25.1 Å². The normalized spacial score (nSPS) is 25.3. The molecule has 1 aliphatic carbocycles. The van der Waals surface area contributed by atoms with E-state index in [2.05, 4.69) is 0 Å². The summed E-state index contributed by atoms with van der Waals surface area (Å²) in [6.45, 7) is 2.27. The number of hydrogen-bond acceptors (Lipinski definition) is 8. The van der Waals surface area contributed by atoms with Crippen LogP contribution in [0.15, 0.2) is 35.6 Å². The van der Waals surface area contributed by atoms with E-state index >= 15 is 0 Å². The van der Waals surface area contributed by atoms with Crippen LogP contribution in [0.4, 0.5) is 0 Å². The largest absolute Gasteiger partial charge is 0.501 e. The molecule has 1 saturated heterocycles. The zero-order valence-electron chi connectivity index (χ0n) is 20.2. The first-order valence-electron chi connectivity index (χ1n) is 11.0. The number of methoxy groups -OCH3 is 4. The van der Waals surface area contributed by atoms with Crippen LogP contribution in [-0.2, 0) is 24.0 Å². The van der Waals surface area contributed by atoms with Gasteiger partial charge in [-0.25, -0.2) is 8.42 Å². The highest BCUT2D eigenvalue weighted by Gasteiger charge is 2.45. The summed E-state index contributed by atoms with van der Waals surface area (Å²) in [5.41, 5.74) is 1.64. The maximum Gasteiger partial charge on any atom is 0.203 e. The van der Waals surface area contributed by atoms with Gasteiger partial charge in [0.2, 0.25) is 5.75 Å². The average Bonchev–Trinajstić information content (AvgIpc) is 3.31. The average molecular weight is 483 g/mol. The molecule has 3 atom stereocenters. The molecule has 1 fully saturated rings. The van der Waals surface area contributed by atoms with Crippen LogP contribution in [0, 0.1) is 0 Å². The first-order chi connectivity index (χ1) is 15.7. The highest BCUT2D eigenvalue weighted by atomic mass is 32.2. The van der Waals surface area contributed by atoms with Gasteiger partial charge in [-0.05, 0) is 54.7 Å². The molecule has 1 heterocycles. The molecule has 0 saturated carbocycles. The molecule has 2 aliphatic rings. The van der Waals surface area contributed by atoms with Gasteiger partial charge in [-0.1, -0.05) is 6.92 Å². The van der Waals surface area contributed by atoms with Gasteiger partial charge in [0.05, 0.1) is 47.1 Å². The van der Waals surface area contributed by atoms with Crippen molar-refractivity contribution in [2.45, 2.75) is 49.7 Å². The van der Waals surface area contributed by atoms with E-state index < -0.39 is 14.8 Å². The fraction of sp³-hybridized carbons (Fsp3) is 0.583. The molecule has 3 rings (SSSR count). The summed E-state index contributed by atoms with van der Waals surface area (Å²) in [4.78, 5) is -1.47. The molecule has 1 aliphatic heterocycles. The fourth-order valence-electron chi connectivity index (χ4n) is 4.27. The minimum Gasteiger partial charge on any atom is -0.501 e. The van der Waals surface area contributed by atoms with Gasteiger partial charge >= 0.3 is 0 Å². The van der Waals surface area contributed by atoms with Crippen molar-refractivity contribution < 1.29 is 36.8 Å². The minimum atomic E-state index is -3.58. The molecule has 1 aromatic carbocycles. The lowest BCUT2D eigenvalue weighted by Gasteiger charge is -2.34. The monoisotopic (exact) mass is 482 g/mol. The van der Waals surface area contributed by atoms with Gasteiger partial charge in [-0.3, -0.25) is 0 Å². The topological polar surface area (TPSA) is 89.5 Å². The number of benzene rings is 1. The van der Waals surface area contributed by atoms with Crippen molar-refractivity contribution in [2.24, 2.45) is 0 Å². The van der Waals surface area contributed by atoms with Crippen molar-refractivity contribution in [1.29, 1.82) is 0 Å². The maximum atomic E-state index is 12.8. The lowest BCUT2D eigenvalue weighted by molar-refractivity contribution is 0.0346. The zero-order chi connectivity index (χ0) is 24.2. The molecule has 33 heavy (non-hydrogen) atoms. The molecule has 0 N–H and O–H groups in total. The lowest BCUT2D eigenvalue weighted by atomic mass is 9.96. The Morgan fingerprint density at radius 2 is 1.64 bits per heavy atom. The van der Waals surface area contributed by atoms with Crippen LogP contribution in [-0.4, -0.2) is 60.8 Å². The SMILES string of the molecule is CCCOC1(S(C)(=O)=O)C=C([C@H]2CC[C@H](c3cc(OC)c(OC)c(OC)c3)O2)C=C(OC)C1. The molecule has 0 radical (unpaired) electrons. The molecule has 0 amide bonds. The Kier molecular flexibility index (Phi) is 7.97. The predicted molar refractivity (Wildman–Crippen MR) is 125 cm³/mol. The van der Waals surface area contributed by atoms with E-state index in [4.69, 9.17) is 28.4 Å². The number of ether oxygens (including phenoxy) is 6. The molecular weight excluding hydrogens is 448 g/mol. The van der Waals surface area contributed by atoms with E-state index in [0.717, 1.165) is 17.6 Å². The molecule has 0 aromatic heterocycles. The van der Waals surface area contributed by atoms with Crippen molar-refractivity contribution >= 4 is 9.84 Å². The van der Waals surface area contributed by atoms with Gasteiger partial charge in [-0.2, -0.15) is 0 Å². The van der Waals surface area contributed by atoms with E-state index in [1.54, 1.807) is 27.4 Å². The highest BCUT2D eigenvalue weighted by Crippen LogP contribution is 2.45. The van der Waals surface area contributed by atoms with Crippen LogP contribution in [0.3, 0.4) is 0 Å². The number of sulfone groups is 1. The standard InChI is InChI=1S/C24H34O8S/c1-7-10-31-24(33(6,25)26)14-17(11-18(15-24)27-2)20-9-8-19(32-20)16-12-21(28-3)23(30-5)22(13-16)29-4/h11-14,19-20H,7-10,15H2,1-6H3/t19-,20-,24?/m1/s1. The Labute approximate surface area is 196 Å². The summed E-state index contributed by atoms with van der Waals surface area (Å²) < 4.78 is 59.7. The molecule has 1 unspecified atom stereocenters. The fourth-order valence-corrected chi connectivity index (χ4v) is 5.32. The summed E-state index contributed by atoms with van der Waals surface area (Å²) in [6.07, 6.45) is 6.55. The van der Waals surface area contributed by atoms with E-state index in [1.165, 1.54) is 13.4 Å². The first kappa shape index (κ1) is 25.4. The van der Waals surface area contributed by atoms with E-state index in [9.17, 15) is 8.42 Å². The molecule has 9 heteroatoms. The summed E-state index contributed by atoms with van der Waals surface area (Å²) in [5.74, 6) is 2.18. The Hall–Kier alpha value is -2.23. The second kappa shape index (κ2) is 10.4. The van der Waals surface area contributed by atoms with E-state index in [-0.39, 0.29) is 18.6 Å². The molecule has 0 bridgehead atoms. The molecule has 0 spiro atoms. The first-order valence-corrected chi connectivity index (χ1v) is 12.9. The predicted octanol–water partition coefficient (Wildman–Crippen LogP) is 3.96. The highest BCUT2D eigenvalue weighted by molar-refractivity contribution is 7.92. The Bertz CT molecular complexity index is 988. The third-order valence-corrected chi connectivity index (χ3v) is 7.66. The molecule has 1 aromatic rings. The van der Waals surface area contributed by atoms with Gasteiger partial charge in [-0.15, -0.1) is 0 Å². The summed E-state index contributed by atoms with van der Waals surface area (Å²) in [6, 6.07) is 3.76. The van der Waals surface area contributed by atoms with Crippen LogP contribution in [0.25, 0.3) is 0 Å². The summed E-state index contributed by atoms with van der Waals surface area (Å²) >= 11 is 0. The van der Waals surface area contributed by atoms with Gasteiger partial charge < -0.3 is 28.4 Å². The Morgan fingerprint density at radius 3 is 2.15 bits per heavy atom. The van der Waals surface area contributed by atoms with Crippen LogP contribution >= 0.6 is 0 Å². The van der Waals surface area contributed by atoms with Crippen LogP contribution in [0.1, 0.15) is 44.3 Å². The van der Waals surface area contributed by atoms with Crippen molar-refractivity contribution in [3.8, 4) is 17.2 Å². The van der Waals surface area contributed by atoms with Crippen molar-refractivity contribution in [3.63, 3.8) is 0 Å². The summed E-state index contributed by atoms with van der Waals surface area (Å²) in [5, 5.41) is 0. The molecular formula is C24H34O8S. The second-order valence-electron chi connectivity index (χ2n) is 8.22.